The van der Waals surface area contributed by atoms with Crippen molar-refractivity contribution in [2.45, 2.75) is 0 Å². The molecule has 0 radical (unpaired) electrons. The van der Waals surface area contributed by atoms with Crippen molar-refractivity contribution in [3.8, 4) is 0 Å². The Kier molecular flexibility index (Phi) is 2.72. The maximum absolute atomic E-state index is 12.7. The fourth-order valence-corrected chi connectivity index (χ4v) is 1.42. The number of hydrogen-bond donors (Lipinski definition) is 1. The number of anilines is 1. The van der Waals surface area contributed by atoms with E-state index in [4.69, 9.17) is 5.73 Å². The van der Waals surface area contributed by atoms with Gasteiger partial charge in [0, 0.05) is 7.05 Å². The monoisotopic (exact) mass is 217 g/mol. The normalized spacial score (nSPS) is 11.1. The first kappa shape index (κ1) is 10.4. The van der Waals surface area contributed by atoms with Crippen LogP contribution in [0.15, 0.2) is 30.5 Å². The second kappa shape index (κ2) is 4.18. The average Bonchev–Trinajstić information content (AvgIpc) is 2.59. The highest BCUT2D eigenvalue weighted by molar-refractivity contribution is 5.73. The Bertz CT molecular complexity index is 492. The average molecular weight is 217 g/mol. The summed E-state index contributed by atoms with van der Waals surface area (Å²) < 4.78 is 14.4. The fourth-order valence-electron chi connectivity index (χ4n) is 1.42. The summed E-state index contributed by atoms with van der Waals surface area (Å²) >= 11 is 0. The van der Waals surface area contributed by atoms with Gasteiger partial charge in [0.05, 0.1) is 17.6 Å². The zero-order chi connectivity index (χ0) is 11.5. The SMILES string of the molecule is Cn1ncc(N)c1/C=C/c1ccc(F)cc1. The van der Waals surface area contributed by atoms with Crippen molar-refractivity contribution < 1.29 is 4.39 Å². The Morgan fingerprint density at radius 3 is 2.50 bits per heavy atom. The second-order valence-electron chi connectivity index (χ2n) is 3.49. The molecule has 0 amide bonds. The highest BCUT2D eigenvalue weighted by Gasteiger charge is 2.00. The molecule has 0 aliphatic rings. The lowest BCUT2D eigenvalue weighted by molar-refractivity contribution is 0.628. The zero-order valence-electron chi connectivity index (χ0n) is 8.89. The molecule has 0 spiro atoms. The van der Waals surface area contributed by atoms with Gasteiger partial charge in [-0.1, -0.05) is 18.2 Å². The van der Waals surface area contributed by atoms with Crippen LogP contribution in [-0.4, -0.2) is 9.78 Å². The Hall–Kier alpha value is -2.10. The molecule has 0 atom stereocenters. The number of benzene rings is 1. The van der Waals surface area contributed by atoms with Crippen LogP contribution < -0.4 is 5.73 Å². The van der Waals surface area contributed by atoms with Crippen molar-refractivity contribution in [2.24, 2.45) is 7.05 Å². The van der Waals surface area contributed by atoms with E-state index in [0.29, 0.717) is 5.69 Å². The zero-order valence-corrected chi connectivity index (χ0v) is 8.89. The summed E-state index contributed by atoms with van der Waals surface area (Å²) in [7, 11) is 1.82. The van der Waals surface area contributed by atoms with Crippen molar-refractivity contribution in [1.29, 1.82) is 0 Å². The molecular weight excluding hydrogens is 205 g/mol. The Morgan fingerprint density at radius 1 is 1.25 bits per heavy atom. The lowest BCUT2D eigenvalue weighted by Gasteiger charge is -1.97. The van der Waals surface area contributed by atoms with Crippen molar-refractivity contribution in [3.05, 3.63) is 47.5 Å². The van der Waals surface area contributed by atoms with Crippen LogP contribution in [0, 0.1) is 5.82 Å². The summed E-state index contributed by atoms with van der Waals surface area (Å²) in [6.45, 7) is 0. The maximum Gasteiger partial charge on any atom is 0.123 e. The minimum absolute atomic E-state index is 0.239. The Labute approximate surface area is 93.0 Å². The van der Waals surface area contributed by atoms with Crippen LogP contribution >= 0.6 is 0 Å². The highest BCUT2D eigenvalue weighted by Crippen LogP contribution is 2.14. The molecule has 0 saturated carbocycles. The Morgan fingerprint density at radius 2 is 1.94 bits per heavy atom. The smallest absolute Gasteiger partial charge is 0.123 e. The maximum atomic E-state index is 12.7. The topological polar surface area (TPSA) is 43.8 Å². The summed E-state index contributed by atoms with van der Waals surface area (Å²) in [5.41, 5.74) is 8.12. The summed E-state index contributed by atoms with van der Waals surface area (Å²) in [6, 6.07) is 6.26. The Balaban J connectivity index is 2.24. The summed E-state index contributed by atoms with van der Waals surface area (Å²) in [4.78, 5) is 0. The molecule has 2 N–H and O–H groups in total. The van der Waals surface area contributed by atoms with Crippen LogP contribution in [0.1, 0.15) is 11.3 Å². The van der Waals surface area contributed by atoms with Gasteiger partial charge in [-0.05, 0) is 23.8 Å². The van der Waals surface area contributed by atoms with Crippen LogP contribution in [0.3, 0.4) is 0 Å². The largest absolute Gasteiger partial charge is 0.396 e. The molecule has 0 fully saturated rings. The number of aromatic nitrogens is 2. The van der Waals surface area contributed by atoms with E-state index >= 15 is 0 Å². The standard InChI is InChI=1S/C12H12FN3/c1-16-12(11(14)8-15-16)7-4-9-2-5-10(13)6-3-9/h2-8H,14H2,1H3/b7-4+. The molecule has 0 saturated heterocycles. The molecule has 16 heavy (non-hydrogen) atoms. The van der Waals surface area contributed by atoms with Gasteiger partial charge in [0.15, 0.2) is 0 Å². The summed E-state index contributed by atoms with van der Waals surface area (Å²) in [5, 5.41) is 4.02. The predicted octanol–water partition coefficient (Wildman–Crippen LogP) is 2.31. The minimum Gasteiger partial charge on any atom is -0.396 e. The number of aryl methyl sites for hydroxylation is 1. The van der Waals surface area contributed by atoms with Crippen LogP contribution in [0.2, 0.25) is 0 Å². The molecule has 1 heterocycles. The first-order valence-corrected chi connectivity index (χ1v) is 4.88. The van der Waals surface area contributed by atoms with Gasteiger partial charge in [0.1, 0.15) is 5.82 Å². The van der Waals surface area contributed by atoms with E-state index < -0.39 is 0 Å². The van der Waals surface area contributed by atoms with Gasteiger partial charge in [-0.25, -0.2) is 4.39 Å². The van der Waals surface area contributed by atoms with Crippen molar-refractivity contribution in [2.75, 3.05) is 5.73 Å². The summed E-state index contributed by atoms with van der Waals surface area (Å²) in [6.07, 6.45) is 5.33. The number of nitrogens with two attached hydrogens (primary N) is 1. The first-order valence-electron chi connectivity index (χ1n) is 4.88. The number of hydrogen-bond acceptors (Lipinski definition) is 2. The second-order valence-corrected chi connectivity index (χ2v) is 3.49. The van der Waals surface area contributed by atoms with E-state index in [1.54, 1.807) is 23.0 Å². The molecule has 1 aromatic carbocycles. The lowest BCUT2D eigenvalue weighted by Crippen LogP contribution is -1.94. The van der Waals surface area contributed by atoms with Crippen molar-refractivity contribution >= 4 is 17.8 Å². The molecule has 3 nitrogen and oxygen atoms in total. The third-order valence-electron chi connectivity index (χ3n) is 2.32. The van der Waals surface area contributed by atoms with Gasteiger partial charge < -0.3 is 5.73 Å². The van der Waals surface area contributed by atoms with E-state index in [-0.39, 0.29) is 5.82 Å². The van der Waals surface area contributed by atoms with Gasteiger partial charge in [-0.15, -0.1) is 0 Å². The number of rotatable bonds is 2. The molecule has 2 aromatic rings. The first-order chi connectivity index (χ1) is 7.66. The van der Waals surface area contributed by atoms with Crippen molar-refractivity contribution in [1.82, 2.24) is 9.78 Å². The number of nitrogens with zero attached hydrogens (tertiary/aromatic N) is 2. The molecule has 0 unspecified atom stereocenters. The third kappa shape index (κ3) is 2.11. The third-order valence-corrected chi connectivity index (χ3v) is 2.32. The minimum atomic E-state index is -0.239. The molecule has 2 rings (SSSR count). The molecule has 4 heteroatoms. The van der Waals surface area contributed by atoms with E-state index in [2.05, 4.69) is 5.10 Å². The number of nitrogen functional groups attached to an aromatic ring is 1. The van der Waals surface area contributed by atoms with Crippen LogP contribution in [0.25, 0.3) is 12.2 Å². The molecule has 1 aromatic heterocycles. The van der Waals surface area contributed by atoms with Crippen LogP contribution in [-0.2, 0) is 7.05 Å². The lowest BCUT2D eigenvalue weighted by atomic mass is 10.2. The number of halogens is 1. The predicted molar refractivity (Wildman–Crippen MR) is 62.9 cm³/mol. The van der Waals surface area contributed by atoms with E-state index in [1.807, 2.05) is 19.2 Å². The molecule has 0 aliphatic carbocycles. The molecule has 0 bridgehead atoms. The van der Waals surface area contributed by atoms with Gasteiger partial charge in [0.2, 0.25) is 0 Å². The van der Waals surface area contributed by atoms with Gasteiger partial charge in [-0.3, -0.25) is 4.68 Å². The van der Waals surface area contributed by atoms with Crippen LogP contribution in [0.5, 0.6) is 0 Å². The van der Waals surface area contributed by atoms with Crippen LogP contribution in [0.4, 0.5) is 10.1 Å². The molecule has 0 aliphatic heterocycles. The molecular formula is C12H12FN3. The van der Waals surface area contributed by atoms with Gasteiger partial charge in [0.25, 0.3) is 0 Å². The summed E-state index contributed by atoms with van der Waals surface area (Å²) in [5.74, 6) is -0.239. The van der Waals surface area contributed by atoms with Crippen molar-refractivity contribution in [3.63, 3.8) is 0 Å². The van der Waals surface area contributed by atoms with E-state index in [0.717, 1.165) is 11.3 Å². The van der Waals surface area contributed by atoms with E-state index in [9.17, 15) is 4.39 Å². The van der Waals surface area contributed by atoms with E-state index in [1.165, 1.54) is 12.1 Å². The quantitative estimate of drug-likeness (QED) is 0.838. The van der Waals surface area contributed by atoms with Gasteiger partial charge in [-0.2, -0.15) is 5.10 Å². The fraction of sp³-hybridized carbons (Fsp3) is 0.0833. The van der Waals surface area contributed by atoms with Gasteiger partial charge >= 0.3 is 0 Å². The highest BCUT2D eigenvalue weighted by atomic mass is 19.1. The molecule has 82 valence electrons.